The molecule has 0 bridgehead atoms. The summed E-state index contributed by atoms with van der Waals surface area (Å²) in [6.07, 6.45) is 0. The average Bonchev–Trinajstić information content (AvgIpc) is 2.74. The van der Waals surface area contributed by atoms with Crippen LogP contribution in [0.1, 0.15) is 18.1 Å². The van der Waals surface area contributed by atoms with Crippen LogP contribution in [0, 0.1) is 13.8 Å². The Morgan fingerprint density at radius 2 is 1.57 bits per heavy atom. The summed E-state index contributed by atoms with van der Waals surface area (Å²) in [5.41, 5.74) is 4.42. The number of anilines is 2. The predicted molar refractivity (Wildman–Crippen MR) is 89.8 cm³/mol. The van der Waals surface area contributed by atoms with Crippen LogP contribution in [0.15, 0.2) is 48.5 Å². The van der Waals surface area contributed by atoms with Crippen molar-refractivity contribution in [3.05, 3.63) is 59.7 Å². The standard InChI is InChI=1S/C17H20N2OS/c1-13-6-4-8-16(10-13)18-12-15(3)19(21(18)20)17-9-5-7-14(2)11-17/h4-11,15H,12H2,1-3H3. The summed E-state index contributed by atoms with van der Waals surface area (Å²) in [6.45, 7) is 7.01. The van der Waals surface area contributed by atoms with Gasteiger partial charge in [0.25, 0.3) is 0 Å². The van der Waals surface area contributed by atoms with Gasteiger partial charge in [0.05, 0.1) is 24.0 Å². The fourth-order valence-electron chi connectivity index (χ4n) is 2.73. The third kappa shape index (κ3) is 2.74. The van der Waals surface area contributed by atoms with E-state index in [2.05, 4.69) is 45.0 Å². The summed E-state index contributed by atoms with van der Waals surface area (Å²) in [5.74, 6) is 0. The van der Waals surface area contributed by atoms with Gasteiger partial charge in [0, 0.05) is 0 Å². The highest BCUT2D eigenvalue weighted by molar-refractivity contribution is 7.94. The molecule has 110 valence electrons. The molecule has 1 fully saturated rings. The van der Waals surface area contributed by atoms with Gasteiger partial charge in [-0.15, -0.1) is 0 Å². The molecule has 3 rings (SSSR count). The smallest absolute Gasteiger partial charge is 0.198 e. The van der Waals surface area contributed by atoms with Crippen LogP contribution in [0.3, 0.4) is 0 Å². The molecule has 2 atom stereocenters. The van der Waals surface area contributed by atoms with Gasteiger partial charge in [0.1, 0.15) is 0 Å². The van der Waals surface area contributed by atoms with Gasteiger partial charge in [-0.05, 0) is 56.2 Å². The quantitative estimate of drug-likeness (QED) is 0.794. The Morgan fingerprint density at radius 1 is 1.00 bits per heavy atom. The lowest BCUT2D eigenvalue weighted by molar-refractivity contribution is 0.594. The number of hydrogen-bond donors (Lipinski definition) is 0. The van der Waals surface area contributed by atoms with Gasteiger partial charge in [-0.3, -0.25) is 0 Å². The molecule has 0 spiro atoms. The van der Waals surface area contributed by atoms with Crippen molar-refractivity contribution < 1.29 is 4.55 Å². The van der Waals surface area contributed by atoms with Crippen LogP contribution in [0.2, 0.25) is 0 Å². The van der Waals surface area contributed by atoms with Crippen molar-refractivity contribution in [1.29, 1.82) is 0 Å². The monoisotopic (exact) mass is 300 g/mol. The Kier molecular flexibility index (Phi) is 3.83. The molecule has 0 aliphatic carbocycles. The van der Waals surface area contributed by atoms with Crippen LogP contribution in [-0.2, 0) is 11.5 Å². The second-order valence-electron chi connectivity index (χ2n) is 5.64. The van der Waals surface area contributed by atoms with E-state index in [1.54, 1.807) is 0 Å². The van der Waals surface area contributed by atoms with E-state index in [1.165, 1.54) is 11.1 Å². The molecule has 21 heavy (non-hydrogen) atoms. The molecular formula is C17H20N2OS. The zero-order chi connectivity index (χ0) is 15.0. The molecule has 0 saturated carbocycles. The van der Waals surface area contributed by atoms with Crippen LogP contribution < -0.4 is 8.61 Å². The van der Waals surface area contributed by atoms with Gasteiger partial charge in [-0.1, -0.05) is 24.3 Å². The van der Waals surface area contributed by atoms with Gasteiger partial charge in [0.15, 0.2) is 11.5 Å². The number of aryl methyl sites for hydroxylation is 2. The van der Waals surface area contributed by atoms with Crippen molar-refractivity contribution in [2.75, 3.05) is 15.2 Å². The maximum absolute atomic E-state index is 12.9. The van der Waals surface area contributed by atoms with E-state index in [0.29, 0.717) is 0 Å². The van der Waals surface area contributed by atoms with E-state index in [-0.39, 0.29) is 6.04 Å². The van der Waals surface area contributed by atoms with E-state index < -0.39 is 11.5 Å². The first-order valence-corrected chi connectivity index (χ1v) is 8.25. The Bertz CT molecular complexity index is 646. The molecular weight excluding hydrogens is 280 g/mol. The van der Waals surface area contributed by atoms with E-state index >= 15 is 0 Å². The lowest BCUT2D eigenvalue weighted by Gasteiger charge is -2.24. The van der Waals surface area contributed by atoms with Crippen molar-refractivity contribution in [2.45, 2.75) is 26.8 Å². The van der Waals surface area contributed by atoms with E-state index in [1.807, 2.05) is 32.9 Å². The average molecular weight is 300 g/mol. The number of hydrogen-bond acceptors (Lipinski definition) is 3. The molecule has 2 unspecified atom stereocenters. The largest absolute Gasteiger partial charge is 0.568 e. The minimum Gasteiger partial charge on any atom is -0.568 e. The third-order valence-electron chi connectivity index (χ3n) is 3.73. The Hall–Kier alpha value is -1.65. The summed E-state index contributed by atoms with van der Waals surface area (Å²) in [4.78, 5) is 0. The summed E-state index contributed by atoms with van der Waals surface area (Å²) in [6, 6.07) is 16.6. The van der Waals surface area contributed by atoms with Gasteiger partial charge < -0.3 is 4.55 Å². The van der Waals surface area contributed by atoms with Crippen LogP contribution in [0.5, 0.6) is 0 Å². The van der Waals surface area contributed by atoms with Crippen LogP contribution in [0.25, 0.3) is 0 Å². The topological polar surface area (TPSA) is 29.5 Å². The fraction of sp³-hybridized carbons (Fsp3) is 0.294. The third-order valence-corrected chi connectivity index (χ3v) is 5.38. The molecule has 1 aliphatic rings. The van der Waals surface area contributed by atoms with Crippen molar-refractivity contribution >= 4 is 22.9 Å². The molecule has 0 aromatic heterocycles. The molecule has 0 radical (unpaired) electrons. The maximum Gasteiger partial charge on any atom is 0.198 e. The highest BCUT2D eigenvalue weighted by Gasteiger charge is 2.42. The normalized spacial score (nSPS) is 21.9. The molecule has 2 aromatic rings. The van der Waals surface area contributed by atoms with Crippen molar-refractivity contribution in [3.8, 4) is 0 Å². The number of rotatable bonds is 2. The summed E-state index contributed by atoms with van der Waals surface area (Å²) in [5, 5.41) is 0. The van der Waals surface area contributed by atoms with E-state index in [9.17, 15) is 4.55 Å². The van der Waals surface area contributed by atoms with E-state index in [0.717, 1.165) is 17.9 Å². The number of nitrogens with zero attached hydrogens (tertiary/aromatic N) is 2. The summed E-state index contributed by atoms with van der Waals surface area (Å²) < 4.78 is 16.9. The molecule has 4 heteroatoms. The van der Waals surface area contributed by atoms with E-state index in [4.69, 9.17) is 0 Å². The first kappa shape index (κ1) is 14.3. The first-order chi connectivity index (χ1) is 10.1. The zero-order valence-corrected chi connectivity index (χ0v) is 13.4. The van der Waals surface area contributed by atoms with Crippen molar-refractivity contribution in [3.63, 3.8) is 0 Å². The van der Waals surface area contributed by atoms with Gasteiger partial charge >= 0.3 is 0 Å². The molecule has 2 aromatic carbocycles. The summed E-state index contributed by atoms with van der Waals surface area (Å²) >= 11 is -1.18. The fourth-order valence-corrected chi connectivity index (χ4v) is 4.24. The van der Waals surface area contributed by atoms with Gasteiger partial charge in [-0.25, -0.2) is 0 Å². The van der Waals surface area contributed by atoms with Crippen molar-refractivity contribution in [1.82, 2.24) is 0 Å². The maximum atomic E-state index is 12.9. The van der Waals surface area contributed by atoms with Gasteiger partial charge in [0.2, 0.25) is 0 Å². The molecule has 3 nitrogen and oxygen atoms in total. The molecule has 1 saturated heterocycles. The van der Waals surface area contributed by atoms with Gasteiger partial charge in [-0.2, -0.15) is 8.61 Å². The number of benzene rings is 2. The second-order valence-corrected chi connectivity index (χ2v) is 6.94. The highest BCUT2D eigenvalue weighted by atomic mass is 32.2. The molecule has 1 heterocycles. The van der Waals surface area contributed by atoms with Crippen molar-refractivity contribution in [2.24, 2.45) is 0 Å². The lowest BCUT2D eigenvalue weighted by Crippen LogP contribution is -2.35. The second kappa shape index (κ2) is 5.62. The predicted octanol–water partition coefficient (Wildman–Crippen LogP) is 3.60. The summed E-state index contributed by atoms with van der Waals surface area (Å²) in [7, 11) is 0. The Balaban J connectivity index is 1.92. The zero-order valence-electron chi connectivity index (χ0n) is 12.6. The Morgan fingerprint density at radius 3 is 2.19 bits per heavy atom. The lowest BCUT2D eigenvalue weighted by atomic mass is 10.2. The molecule has 0 amide bonds. The first-order valence-electron chi connectivity index (χ1n) is 7.18. The minimum atomic E-state index is -1.18. The van der Waals surface area contributed by atoms with Crippen LogP contribution in [-0.4, -0.2) is 17.1 Å². The molecule has 1 aliphatic heterocycles. The Labute approximate surface area is 129 Å². The SMILES string of the molecule is Cc1cccc(N2CC(C)N(c3cccc(C)c3)[S+]2[O-])c1. The van der Waals surface area contributed by atoms with Crippen LogP contribution >= 0.6 is 0 Å². The van der Waals surface area contributed by atoms with Crippen LogP contribution in [0.4, 0.5) is 11.4 Å². The molecule has 0 N–H and O–H groups in total. The minimum absolute atomic E-state index is 0.216. The highest BCUT2D eigenvalue weighted by Crippen LogP contribution is 2.33.